The van der Waals surface area contributed by atoms with Crippen LogP contribution in [0.4, 0.5) is 5.69 Å². The van der Waals surface area contributed by atoms with Crippen LogP contribution in [0.5, 0.6) is 0 Å². The number of hydrogen-bond donors (Lipinski definition) is 1. The molecule has 3 nitrogen and oxygen atoms in total. The minimum absolute atomic E-state index is 0.274. The van der Waals surface area contributed by atoms with E-state index in [0.717, 1.165) is 18.5 Å². The molecule has 1 rings (SSSR count). The van der Waals surface area contributed by atoms with Crippen LogP contribution in [0.2, 0.25) is 0 Å². The second-order valence-electron chi connectivity index (χ2n) is 4.21. The van der Waals surface area contributed by atoms with Crippen LogP contribution in [0.1, 0.15) is 37.0 Å². The lowest BCUT2D eigenvalue weighted by Crippen LogP contribution is -2.14. The summed E-state index contributed by atoms with van der Waals surface area (Å²) in [5.74, 6) is -0.274. The number of ether oxygens (including phenoxy) is 1. The van der Waals surface area contributed by atoms with Gasteiger partial charge in [0, 0.05) is 11.7 Å². The Labute approximate surface area is 109 Å². The highest BCUT2D eigenvalue weighted by Crippen LogP contribution is 2.13. The maximum absolute atomic E-state index is 11.5. The van der Waals surface area contributed by atoms with Crippen LogP contribution in [-0.4, -0.2) is 18.6 Å². The van der Waals surface area contributed by atoms with E-state index in [1.807, 2.05) is 18.2 Å². The average Bonchev–Trinajstić information content (AvgIpc) is 2.37. The van der Waals surface area contributed by atoms with Crippen molar-refractivity contribution >= 4 is 11.7 Å². The third-order valence-corrected chi connectivity index (χ3v) is 2.61. The predicted molar refractivity (Wildman–Crippen MR) is 74.9 cm³/mol. The number of anilines is 1. The molecule has 1 aromatic rings. The van der Waals surface area contributed by atoms with Crippen LogP contribution in [0.15, 0.2) is 36.9 Å². The summed E-state index contributed by atoms with van der Waals surface area (Å²) in [4.78, 5) is 11.5. The predicted octanol–water partition coefficient (Wildman–Crippen LogP) is 3.63. The smallest absolute Gasteiger partial charge is 0.338 e. The van der Waals surface area contributed by atoms with E-state index in [-0.39, 0.29) is 5.97 Å². The molecule has 0 heterocycles. The Morgan fingerprint density at radius 2 is 2.11 bits per heavy atom. The van der Waals surface area contributed by atoms with E-state index in [4.69, 9.17) is 4.74 Å². The first-order valence-corrected chi connectivity index (χ1v) is 6.32. The second-order valence-corrected chi connectivity index (χ2v) is 4.21. The van der Waals surface area contributed by atoms with Gasteiger partial charge in [-0.1, -0.05) is 6.08 Å². The van der Waals surface area contributed by atoms with Crippen molar-refractivity contribution in [2.75, 3.05) is 11.9 Å². The molecule has 1 aromatic carbocycles. The highest BCUT2D eigenvalue weighted by molar-refractivity contribution is 5.89. The van der Waals surface area contributed by atoms with Gasteiger partial charge < -0.3 is 10.1 Å². The van der Waals surface area contributed by atoms with Crippen molar-refractivity contribution < 1.29 is 9.53 Å². The van der Waals surface area contributed by atoms with Crippen LogP contribution < -0.4 is 5.32 Å². The van der Waals surface area contributed by atoms with Gasteiger partial charge in [-0.3, -0.25) is 0 Å². The molecule has 0 saturated heterocycles. The van der Waals surface area contributed by atoms with Gasteiger partial charge in [0.15, 0.2) is 0 Å². The Bertz CT molecular complexity index is 384. The first-order chi connectivity index (χ1) is 8.67. The zero-order valence-corrected chi connectivity index (χ0v) is 11.1. The number of carbonyl (C=O) groups excluding carboxylic acids is 1. The van der Waals surface area contributed by atoms with E-state index in [1.165, 1.54) is 0 Å². The lowest BCUT2D eigenvalue weighted by Gasteiger charge is -2.14. The van der Waals surface area contributed by atoms with E-state index < -0.39 is 0 Å². The summed E-state index contributed by atoms with van der Waals surface area (Å²) >= 11 is 0. The number of rotatable bonds is 7. The molecule has 18 heavy (non-hydrogen) atoms. The van der Waals surface area contributed by atoms with Crippen LogP contribution in [0.25, 0.3) is 0 Å². The second kappa shape index (κ2) is 7.54. The summed E-state index contributed by atoms with van der Waals surface area (Å²) in [7, 11) is 0. The standard InChI is InChI=1S/C15H21NO2/c1-4-6-7-12(3)16-14-10-8-13(9-11-14)15(17)18-5-2/h4,8-12,16H,1,5-7H2,2-3H3. The number of esters is 1. The molecular formula is C15H21NO2. The molecule has 98 valence electrons. The molecule has 3 heteroatoms. The monoisotopic (exact) mass is 247 g/mol. The van der Waals surface area contributed by atoms with Gasteiger partial charge in [-0.2, -0.15) is 0 Å². The first kappa shape index (κ1) is 14.3. The molecule has 1 unspecified atom stereocenters. The van der Waals surface area contributed by atoms with Gasteiger partial charge in [-0.25, -0.2) is 4.79 Å². The van der Waals surface area contributed by atoms with Gasteiger partial charge in [-0.15, -0.1) is 6.58 Å². The molecule has 0 aliphatic carbocycles. The van der Waals surface area contributed by atoms with Gasteiger partial charge in [-0.05, 0) is 51.0 Å². The fourth-order valence-electron chi connectivity index (χ4n) is 1.64. The quantitative estimate of drug-likeness (QED) is 0.590. The topological polar surface area (TPSA) is 38.3 Å². The number of nitrogens with one attached hydrogen (secondary N) is 1. The third-order valence-electron chi connectivity index (χ3n) is 2.61. The van der Waals surface area contributed by atoms with Gasteiger partial charge >= 0.3 is 5.97 Å². The maximum Gasteiger partial charge on any atom is 0.338 e. The molecule has 0 spiro atoms. The average molecular weight is 247 g/mol. The van der Waals surface area contributed by atoms with Crippen molar-refractivity contribution in [3.05, 3.63) is 42.5 Å². The summed E-state index contributed by atoms with van der Waals surface area (Å²) in [6.07, 6.45) is 3.96. The Morgan fingerprint density at radius 3 is 2.67 bits per heavy atom. The number of hydrogen-bond acceptors (Lipinski definition) is 3. The lowest BCUT2D eigenvalue weighted by molar-refractivity contribution is 0.0526. The van der Waals surface area contributed by atoms with Crippen molar-refractivity contribution in [1.82, 2.24) is 0 Å². The molecule has 0 aliphatic heterocycles. The fourth-order valence-corrected chi connectivity index (χ4v) is 1.64. The molecule has 0 radical (unpaired) electrons. The Morgan fingerprint density at radius 1 is 1.44 bits per heavy atom. The van der Waals surface area contributed by atoms with E-state index >= 15 is 0 Å². The van der Waals surface area contributed by atoms with Gasteiger partial charge in [0.05, 0.1) is 12.2 Å². The van der Waals surface area contributed by atoms with E-state index in [9.17, 15) is 4.79 Å². The van der Waals surface area contributed by atoms with Crippen molar-refractivity contribution in [3.63, 3.8) is 0 Å². The van der Waals surface area contributed by atoms with Crippen LogP contribution >= 0.6 is 0 Å². The van der Waals surface area contributed by atoms with E-state index in [0.29, 0.717) is 18.2 Å². The van der Waals surface area contributed by atoms with Crippen molar-refractivity contribution in [3.8, 4) is 0 Å². The molecule has 0 amide bonds. The van der Waals surface area contributed by atoms with Gasteiger partial charge in [0.25, 0.3) is 0 Å². The lowest BCUT2D eigenvalue weighted by atomic mass is 10.1. The van der Waals surface area contributed by atoms with Crippen LogP contribution in [0.3, 0.4) is 0 Å². The Kier molecular flexibility index (Phi) is 5.98. The largest absolute Gasteiger partial charge is 0.462 e. The fraction of sp³-hybridized carbons (Fsp3) is 0.400. The zero-order chi connectivity index (χ0) is 13.4. The first-order valence-electron chi connectivity index (χ1n) is 6.32. The van der Waals surface area contributed by atoms with Crippen molar-refractivity contribution in [2.24, 2.45) is 0 Å². The van der Waals surface area contributed by atoms with Gasteiger partial charge in [0.1, 0.15) is 0 Å². The molecule has 1 N–H and O–H groups in total. The minimum Gasteiger partial charge on any atom is -0.462 e. The van der Waals surface area contributed by atoms with E-state index in [2.05, 4.69) is 18.8 Å². The zero-order valence-electron chi connectivity index (χ0n) is 11.1. The SMILES string of the molecule is C=CCCC(C)Nc1ccc(C(=O)OCC)cc1. The van der Waals surface area contributed by atoms with Crippen molar-refractivity contribution in [1.29, 1.82) is 0 Å². The minimum atomic E-state index is -0.274. The van der Waals surface area contributed by atoms with Gasteiger partial charge in [0.2, 0.25) is 0 Å². The Hall–Kier alpha value is -1.77. The molecule has 0 saturated carbocycles. The summed E-state index contributed by atoms with van der Waals surface area (Å²) < 4.78 is 4.93. The molecule has 0 fully saturated rings. The number of benzene rings is 1. The molecule has 0 bridgehead atoms. The summed E-state index contributed by atoms with van der Waals surface area (Å²) in [6, 6.07) is 7.74. The summed E-state index contributed by atoms with van der Waals surface area (Å²) in [5, 5.41) is 3.37. The molecule has 0 aromatic heterocycles. The number of allylic oxidation sites excluding steroid dienone is 1. The van der Waals surface area contributed by atoms with Crippen LogP contribution in [-0.2, 0) is 4.74 Å². The number of carbonyl (C=O) groups is 1. The molecule has 1 atom stereocenters. The molecular weight excluding hydrogens is 226 g/mol. The van der Waals surface area contributed by atoms with Crippen LogP contribution in [0, 0.1) is 0 Å². The molecule has 0 aliphatic rings. The summed E-state index contributed by atoms with van der Waals surface area (Å²) in [6.45, 7) is 8.04. The normalized spacial score (nSPS) is 11.7. The Balaban J connectivity index is 2.54. The highest BCUT2D eigenvalue weighted by atomic mass is 16.5. The maximum atomic E-state index is 11.5. The summed E-state index contributed by atoms with van der Waals surface area (Å²) in [5.41, 5.74) is 1.60. The highest BCUT2D eigenvalue weighted by Gasteiger charge is 2.06. The van der Waals surface area contributed by atoms with Crippen molar-refractivity contribution in [2.45, 2.75) is 32.7 Å². The third kappa shape index (κ3) is 4.62. The van der Waals surface area contributed by atoms with E-state index in [1.54, 1.807) is 19.1 Å².